The summed E-state index contributed by atoms with van der Waals surface area (Å²) in [6, 6.07) is 0. The predicted octanol–water partition coefficient (Wildman–Crippen LogP) is 0.788. The van der Waals surface area contributed by atoms with Crippen LogP contribution in [0.5, 0.6) is 0 Å². The Morgan fingerprint density at radius 2 is 1.89 bits per heavy atom. The summed E-state index contributed by atoms with van der Waals surface area (Å²) in [5, 5.41) is 2.92. The maximum atomic E-state index is 12.4. The summed E-state index contributed by atoms with van der Waals surface area (Å²) in [6.45, 7) is 7.29. The van der Waals surface area contributed by atoms with E-state index in [1.165, 1.54) is 0 Å². The zero-order valence-corrected chi connectivity index (χ0v) is 11.9. The Morgan fingerprint density at radius 3 is 2.42 bits per heavy atom. The molecule has 0 unspecified atom stereocenters. The van der Waals surface area contributed by atoms with Crippen LogP contribution in [0.25, 0.3) is 0 Å². The lowest BCUT2D eigenvalue weighted by molar-refractivity contribution is -0.147. The monoisotopic (exact) mass is 268 g/mol. The molecule has 0 spiro atoms. The van der Waals surface area contributed by atoms with E-state index in [0.29, 0.717) is 51.6 Å². The zero-order valence-electron chi connectivity index (χ0n) is 11.9. The molecule has 108 valence electrons. The first-order valence-electron chi connectivity index (χ1n) is 7.22. The molecule has 1 aliphatic heterocycles. The van der Waals surface area contributed by atoms with Crippen LogP contribution in [0.1, 0.15) is 33.1 Å². The van der Waals surface area contributed by atoms with Gasteiger partial charge in [0.1, 0.15) is 5.41 Å². The van der Waals surface area contributed by atoms with Crippen molar-refractivity contribution >= 4 is 11.8 Å². The molecule has 0 aromatic heterocycles. The lowest BCUT2D eigenvalue weighted by Gasteiger charge is -2.30. The van der Waals surface area contributed by atoms with Crippen LogP contribution in [-0.4, -0.2) is 49.6 Å². The SMILES string of the molecule is CC(C)CCNC(=O)C1(C(=O)N2CCOCC2)CC1. The van der Waals surface area contributed by atoms with Gasteiger partial charge in [-0.25, -0.2) is 0 Å². The van der Waals surface area contributed by atoms with Crippen LogP contribution < -0.4 is 5.32 Å². The molecule has 0 atom stereocenters. The average Bonchev–Trinajstić information content (AvgIpc) is 3.20. The molecule has 5 heteroatoms. The molecule has 2 aliphatic rings. The van der Waals surface area contributed by atoms with Crippen molar-refractivity contribution in [2.24, 2.45) is 11.3 Å². The quantitative estimate of drug-likeness (QED) is 0.750. The van der Waals surface area contributed by atoms with Crippen molar-refractivity contribution in [1.29, 1.82) is 0 Å². The van der Waals surface area contributed by atoms with Gasteiger partial charge in [0.25, 0.3) is 0 Å². The molecular formula is C14H24N2O3. The maximum Gasteiger partial charge on any atom is 0.238 e. The smallest absolute Gasteiger partial charge is 0.238 e. The second-order valence-electron chi connectivity index (χ2n) is 5.93. The van der Waals surface area contributed by atoms with Gasteiger partial charge in [-0.1, -0.05) is 13.8 Å². The van der Waals surface area contributed by atoms with Gasteiger partial charge in [0.05, 0.1) is 13.2 Å². The lowest BCUT2D eigenvalue weighted by atomic mass is 10.0. The molecule has 1 saturated carbocycles. The van der Waals surface area contributed by atoms with Crippen LogP contribution in [0.4, 0.5) is 0 Å². The number of carbonyl (C=O) groups is 2. The van der Waals surface area contributed by atoms with Crippen LogP contribution >= 0.6 is 0 Å². The highest BCUT2D eigenvalue weighted by molar-refractivity contribution is 6.07. The third kappa shape index (κ3) is 3.26. The molecule has 0 radical (unpaired) electrons. The maximum absolute atomic E-state index is 12.4. The van der Waals surface area contributed by atoms with E-state index in [0.717, 1.165) is 6.42 Å². The van der Waals surface area contributed by atoms with Crippen LogP contribution in [0, 0.1) is 11.3 Å². The highest BCUT2D eigenvalue weighted by Gasteiger charge is 2.57. The van der Waals surface area contributed by atoms with Crippen LogP contribution in [-0.2, 0) is 14.3 Å². The Balaban J connectivity index is 1.86. The predicted molar refractivity (Wildman–Crippen MR) is 71.5 cm³/mol. The first kappa shape index (κ1) is 14.3. The van der Waals surface area contributed by atoms with Crippen molar-refractivity contribution in [3.63, 3.8) is 0 Å². The number of hydrogen-bond donors (Lipinski definition) is 1. The summed E-state index contributed by atoms with van der Waals surface area (Å²) in [5.74, 6) is 0.480. The molecule has 2 fully saturated rings. The molecule has 5 nitrogen and oxygen atoms in total. The van der Waals surface area contributed by atoms with Gasteiger partial charge in [0.15, 0.2) is 0 Å². The van der Waals surface area contributed by atoms with E-state index < -0.39 is 5.41 Å². The highest BCUT2D eigenvalue weighted by atomic mass is 16.5. The van der Waals surface area contributed by atoms with E-state index in [1.54, 1.807) is 4.90 Å². The Morgan fingerprint density at radius 1 is 1.26 bits per heavy atom. The topological polar surface area (TPSA) is 58.6 Å². The minimum absolute atomic E-state index is 0.00199. The average molecular weight is 268 g/mol. The zero-order chi connectivity index (χ0) is 13.9. The molecule has 1 heterocycles. The number of morpholine rings is 1. The normalized spacial score (nSPS) is 21.3. The minimum Gasteiger partial charge on any atom is -0.378 e. The second kappa shape index (κ2) is 5.90. The molecule has 0 aromatic rings. The van der Waals surface area contributed by atoms with Crippen molar-refractivity contribution in [2.75, 3.05) is 32.8 Å². The van der Waals surface area contributed by atoms with Gasteiger partial charge in [-0.2, -0.15) is 0 Å². The van der Waals surface area contributed by atoms with Crippen LogP contribution in [0.3, 0.4) is 0 Å². The Bertz CT molecular complexity index is 345. The number of rotatable bonds is 5. The Hall–Kier alpha value is -1.10. The summed E-state index contributed by atoms with van der Waals surface area (Å²) < 4.78 is 5.24. The van der Waals surface area contributed by atoms with E-state index in [9.17, 15) is 9.59 Å². The van der Waals surface area contributed by atoms with Crippen molar-refractivity contribution in [3.05, 3.63) is 0 Å². The molecule has 1 N–H and O–H groups in total. The molecule has 2 rings (SSSR count). The van der Waals surface area contributed by atoms with Gasteiger partial charge in [-0.05, 0) is 25.2 Å². The first-order chi connectivity index (χ1) is 9.06. The molecule has 19 heavy (non-hydrogen) atoms. The van der Waals surface area contributed by atoms with Crippen LogP contribution in [0.15, 0.2) is 0 Å². The first-order valence-corrected chi connectivity index (χ1v) is 7.22. The van der Waals surface area contributed by atoms with Gasteiger partial charge in [0, 0.05) is 19.6 Å². The number of ether oxygens (including phenoxy) is 1. The fourth-order valence-corrected chi connectivity index (χ4v) is 2.38. The van der Waals surface area contributed by atoms with E-state index in [-0.39, 0.29) is 11.8 Å². The molecule has 0 bridgehead atoms. The molecular weight excluding hydrogens is 244 g/mol. The van der Waals surface area contributed by atoms with Crippen LogP contribution in [0.2, 0.25) is 0 Å². The van der Waals surface area contributed by atoms with Gasteiger partial charge >= 0.3 is 0 Å². The molecule has 1 aliphatic carbocycles. The molecule has 0 aromatic carbocycles. The summed E-state index contributed by atoms with van der Waals surface area (Å²) in [6.07, 6.45) is 2.33. The van der Waals surface area contributed by atoms with E-state index in [2.05, 4.69) is 19.2 Å². The minimum atomic E-state index is -0.756. The van der Waals surface area contributed by atoms with Crippen molar-refractivity contribution in [2.45, 2.75) is 33.1 Å². The third-order valence-corrected chi connectivity index (χ3v) is 3.90. The lowest BCUT2D eigenvalue weighted by Crippen LogP contribution is -2.49. The van der Waals surface area contributed by atoms with Gasteiger partial charge in [-0.3, -0.25) is 9.59 Å². The number of nitrogens with zero attached hydrogens (tertiary/aromatic N) is 1. The van der Waals surface area contributed by atoms with E-state index >= 15 is 0 Å². The largest absolute Gasteiger partial charge is 0.378 e. The molecule has 1 saturated heterocycles. The highest BCUT2D eigenvalue weighted by Crippen LogP contribution is 2.47. The number of amides is 2. The van der Waals surface area contributed by atoms with E-state index in [4.69, 9.17) is 4.74 Å². The number of nitrogens with one attached hydrogen (secondary N) is 1. The Labute approximate surface area is 114 Å². The van der Waals surface area contributed by atoms with Crippen molar-refractivity contribution in [1.82, 2.24) is 10.2 Å². The van der Waals surface area contributed by atoms with Gasteiger partial charge in [0.2, 0.25) is 11.8 Å². The fraction of sp³-hybridized carbons (Fsp3) is 0.857. The fourth-order valence-electron chi connectivity index (χ4n) is 2.38. The Kier molecular flexibility index (Phi) is 4.45. The van der Waals surface area contributed by atoms with Crippen molar-refractivity contribution in [3.8, 4) is 0 Å². The summed E-state index contributed by atoms with van der Waals surface area (Å²) >= 11 is 0. The van der Waals surface area contributed by atoms with Crippen molar-refractivity contribution < 1.29 is 14.3 Å². The van der Waals surface area contributed by atoms with Gasteiger partial charge < -0.3 is 15.0 Å². The number of hydrogen-bond acceptors (Lipinski definition) is 3. The van der Waals surface area contributed by atoms with Gasteiger partial charge in [-0.15, -0.1) is 0 Å². The summed E-state index contributed by atoms with van der Waals surface area (Å²) in [4.78, 5) is 26.4. The van der Waals surface area contributed by atoms with E-state index in [1.807, 2.05) is 0 Å². The third-order valence-electron chi connectivity index (χ3n) is 3.90. The summed E-state index contributed by atoms with van der Waals surface area (Å²) in [7, 11) is 0. The number of carbonyl (C=O) groups excluding carboxylic acids is 2. The standard InChI is InChI=1S/C14H24N2O3/c1-11(2)3-6-15-12(17)14(4-5-14)13(18)16-7-9-19-10-8-16/h11H,3-10H2,1-2H3,(H,15,17). The molecule has 2 amide bonds. The summed E-state index contributed by atoms with van der Waals surface area (Å²) in [5.41, 5.74) is -0.756. The second-order valence-corrected chi connectivity index (χ2v) is 5.93.